The van der Waals surface area contributed by atoms with E-state index in [-0.39, 0.29) is 24.8 Å². The molecule has 1 aromatic rings. The summed E-state index contributed by atoms with van der Waals surface area (Å²) in [5.41, 5.74) is -0.817. The van der Waals surface area contributed by atoms with E-state index in [2.05, 4.69) is 15.6 Å². The number of halogens is 3. The number of hydrogen-bond acceptors (Lipinski definition) is 3. The first-order chi connectivity index (χ1) is 7.91. The average molecular weight is 247 g/mol. The fraction of sp³-hybridized carbons (Fsp3) is 0.400. The molecule has 0 unspecified atom stereocenters. The lowest BCUT2D eigenvalue weighted by Crippen LogP contribution is -2.27. The van der Waals surface area contributed by atoms with Crippen molar-refractivity contribution in [2.75, 3.05) is 18.4 Å². The van der Waals surface area contributed by atoms with Gasteiger partial charge in [0.05, 0.1) is 5.56 Å². The van der Waals surface area contributed by atoms with Crippen molar-refractivity contribution in [1.82, 2.24) is 10.3 Å². The lowest BCUT2D eigenvalue weighted by Gasteiger charge is -2.13. The highest BCUT2D eigenvalue weighted by Gasteiger charge is 2.33. The fourth-order valence-corrected chi connectivity index (χ4v) is 1.19. The van der Waals surface area contributed by atoms with E-state index in [9.17, 15) is 18.0 Å². The van der Waals surface area contributed by atoms with Gasteiger partial charge < -0.3 is 10.6 Å². The number of aromatic nitrogens is 1. The maximum atomic E-state index is 12.5. The molecule has 0 aliphatic rings. The Morgan fingerprint density at radius 3 is 2.71 bits per heavy atom. The molecule has 0 bridgehead atoms. The molecule has 0 aromatic carbocycles. The molecule has 0 saturated heterocycles. The van der Waals surface area contributed by atoms with Gasteiger partial charge in [-0.3, -0.25) is 4.79 Å². The van der Waals surface area contributed by atoms with Gasteiger partial charge in [-0.2, -0.15) is 13.2 Å². The zero-order valence-electron chi connectivity index (χ0n) is 9.14. The van der Waals surface area contributed by atoms with Gasteiger partial charge in [0.1, 0.15) is 5.82 Å². The normalized spacial score (nSPS) is 11.1. The van der Waals surface area contributed by atoms with Crippen molar-refractivity contribution >= 4 is 11.7 Å². The van der Waals surface area contributed by atoms with E-state index < -0.39 is 11.7 Å². The molecule has 94 valence electrons. The Bertz CT molecular complexity index is 393. The van der Waals surface area contributed by atoms with Crippen molar-refractivity contribution in [3.63, 3.8) is 0 Å². The third-order valence-electron chi connectivity index (χ3n) is 1.90. The Labute approximate surface area is 96.2 Å². The number of anilines is 1. The molecule has 0 fully saturated rings. The number of carbonyl (C=O) groups excluding carboxylic acids is 1. The monoisotopic (exact) mass is 247 g/mol. The first-order valence-electron chi connectivity index (χ1n) is 4.92. The average Bonchev–Trinajstić information content (AvgIpc) is 2.23. The predicted molar refractivity (Wildman–Crippen MR) is 56.4 cm³/mol. The minimum atomic E-state index is -4.44. The van der Waals surface area contributed by atoms with Crippen molar-refractivity contribution in [2.24, 2.45) is 0 Å². The van der Waals surface area contributed by atoms with Gasteiger partial charge >= 0.3 is 6.18 Å². The molecule has 0 aliphatic heterocycles. The molecule has 1 rings (SSSR count). The molecule has 1 heterocycles. The number of amides is 1. The van der Waals surface area contributed by atoms with Crippen molar-refractivity contribution in [3.05, 3.63) is 23.9 Å². The van der Waals surface area contributed by atoms with E-state index in [1.54, 1.807) is 0 Å². The van der Waals surface area contributed by atoms with Crippen LogP contribution in [0.2, 0.25) is 0 Å². The van der Waals surface area contributed by atoms with Crippen LogP contribution in [-0.4, -0.2) is 24.0 Å². The molecule has 0 spiro atoms. The third-order valence-corrected chi connectivity index (χ3v) is 1.90. The van der Waals surface area contributed by atoms with Crippen LogP contribution in [0.15, 0.2) is 18.3 Å². The van der Waals surface area contributed by atoms with Gasteiger partial charge in [-0.05, 0) is 12.1 Å². The van der Waals surface area contributed by atoms with Crippen LogP contribution in [0.4, 0.5) is 19.0 Å². The van der Waals surface area contributed by atoms with Crippen LogP contribution in [0.25, 0.3) is 0 Å². The predicted octanol–water partition coefficient (Wildman–Crippen LogP) is 1.65. The van der Waals surface area contributed by atoms with Crippen LogP contribution in [0.5, 0.6) is 0 Å². The van der Waals surface area contributed by atoms with Gasteiger partial charge in [-0.15, -0.1) is 0 Å². The Kier molecular flexibility index (Phi) is 4.30. The summed E-state index contributed by atoms with van der Waals surface area (Å²) in [5.74, 6) is -0.464. The number of alkyl halides is 3. The van der Waals surface area contributed by atoms with Crippen molar-refractivity contribution in [2.45, 2.75) is 13.1 Å². The number of carbonyl (C=O) groups is 1. The molecule has 1 amide bonds. The minimum absolute atomic E-state index is 0.180. The Morgan fingerprint density at radius 2 is 2.12 bits per heavy atom. The lowest BCUT2D eigenvalue weighted by atomic mass is 10.2. The standard InChI is InChI=1S/C10H12F3N3O/c1-7(17)14-5-6-16-9-8(10(11,12)13)3-2-4-15-9/h2-4H,5-6H2,1H3,(H,14,17)(H,15,16). The summed E-state index contributed by atoms with van der Waals surface area (Å²) in [5, 5.41) is 4.99. The fourth-order valence-electron chi connectivity index (χ4n) is 1.19. The van der Waals surface area contributed by atoms with Gasteiger partial charge in [-0.25, -0.2) is 4.98 Å². The maximum Gasteiger partial charge on any atom is 0.419 e. The smallest absolute Gasteiger partial charge is 0.368 e. The number of rotatable bonds is 4. The van der Waals surface area contributed by atoms with Gasteiger partial charge in [-0.1, -0.05) is 0 Å². The summed E-state index contributed by atoms with van der Waals surface area (Å²) in [6.45, 7) is 1.75. The quantitative estimate of drug-likeness (QED) is 0.795. The molecule has 0 saturated carbocycles. The molecule has 4 nitrogen and oxygen atoms in total. The Balaban J connectivity index is 2.62. The second-order valence-electron chi connectivity index (χ2n) is 3.31. The highest BCUT2D eigenvalue weighted by Crippen LogP contribution is 2.33. The Hall–Kier alpha value is -1.79. The van der Waals surface area contributed by atoms with Gasteiger partial charge in [0.25, 0.3) is 0 Å². The molecule has 0 radical (unpaired) electrons. The van der Waals surface area contributed by atoms with Gasteiger partial charge in [0.15, 0.2) is 0 Å². The van der Waals surface area contributed by atoms with E-state index in [1.165, 1.54) is 19.2 Å². The van der Waals surface area contributed by atoms with Crippen LogP contribution in [0.1, 0.15) is 12.5 Å². The van der Waals surface area contributed by atoms with Crippen LogP contribution in [-0.2, 0) is 11.0 Å². The highest BCUT2D eigenvalue weighted by atomic mass is 19.4. The van der Waals surface area contributed by atoms with Crippen LogP contribution >= 0.6 is 0 Å². The van der Waals surface area contributed by atoms with Crippen LogP contribution in [0, 0.1) is 0 Å². The number of nitrogens with zero attached hydrogens (tertiary/aromatic N) is 1. The summed E-state index contributed by atoms with van der Waals surface area (Å²) in [6, 6.07) is 2.18. The topological polar surface area (TPSA) is 54.0 Å². The Morgan fingerprint density at radius 1 is 1.41 bits per heavy atom. The summed E-state index contributed by atoms with van der Waals surface area (Å²) < 4.78 is 37.6. The minimum Gasteiger partial charge on any atom is -0.368 e. The van der Waals surface area contributed by atoms with E-state index in [0.29, 0.717) is 0 Å². The highest BCUT2D eigenvalue weighted by molar-refractivity contribution is 5.72. The van der Waals surface area contributed by atoms with Crippen molar-refractivity contribution in [3.8, 4) is 0 Å². The van der Waals surface area contributed by atoms with E-state index in [0.717, 1.165) is 6.07 Å². The zero-order valence-corrected chi connectivity index (χ0v) is 9.14. The number of hydrogen-bond donors (Lipinski definition) is 2. The lowest BCUT2D eigenvalue weighted by molar-refractivity contribution is -0.137. The third kappa shape index (κ3) is 4.29. The van der Waals surface area contributed by atoms with Crippen molar-refractivity contribution in [1.29, 1.82) is 0 Å². The molecule has 0 atom stereocenters. The summed E-state index contributed by atoms with van der Waals surface area (Å²) in [7, 11) is 0. The number of pyridine rings is 1. The first kappa shape index (κ1) is 13.3. The molecule has 1 aromatic heterocycles. The summed E-state index contributed by atoms with van der Waals surface area (Å²) in [6.07, 6.45) is -3.17. The summed E-state index contributed by atoms with van der Waals surface area (Å²) in [4.78, 5) is 14.2. The molecular weight excluding hydrogens is 235 g/mol. The van der Waals surface area contributed by atoms with E-state index in [1.807, 2.05) is 0 Å². The number of nitrogens with one attached hydrogen (secondary N) is 2. The molecule has 17 heavy (non-hydrogen) atoms. The zero-order chi connectivity index (χ0) is 12.9. The second-order valence-corrected chi connectivity index (χ2v) is 3.31. The molecule has 0 aliphatic carbocycles. The molecular formula is C10H12F3N3O. The van der Waals surface area contributed by atoms with Gasteiger partial charge in [0, 0.05) is 26.2 Å². The van der Waals surface area contributed by atoms with E-state index >= 15 is 0 Å². The summed E-state index contributed by atoms with van der Waals surface area (Å²) >= 11 is 0. The maximum absolute atomic E-state index is 12.5. The van der Waals surface area contributed by atoms with Crippen molar-refractivity contribution < 1.29 is 18.0 Å². The SMILES string of the molecule is CC(=O)NCCNc1ncccc1C(F)(F)F. The second kappa shape index (κ2) is 5.51. The van der Waals surface area contributed by atoms with E-state index in [4.69, 9.17) is 0 Å². The molecule has 2 N–H and O–H groups in total. The molecule has 7 heteroatoms. The van der Waals surface area contributed by atoms with Crippen LogP contribution < -0.4 is 10.6 Å². The van der Waals surface area contributed by atoms with Gasteiger partial charge in [0.2, 0.25) is 5.91 Å². The van der Waals surface area contributed by atoms with Crippen LogP contribution in [0.3, 0.4) is 0 Å². The first-order valence-corrected chi connectivity index (χ1v) is 4.92. The largest absolute Gasteiger partial charge is 0.419 e.